The molecular weight excluding hydrogens is 217 g/mol. The molecule has 1 atom stereocenters. The Morgan fingerprint density at radius 1 is 1.47 bits per heavy atom. The van der Waals surface area contributed by atoms with E-state index in [2.05, 4.69) is 0 Å². The van der Waals surface area contributed by atoms with Crippen LogP contribution in [0.1, 0.15) is 13.8 Å². The molecule has 0 saturated heterocycles. The van der Waals surface area contributed by atoms with Crippen molar-refractivity contribution in [3.8, 4) is 5.75 Å². The van der Waals surface area contributed by atoms with Gasteiger partial charge < -0.3 is 10.5 Å². The summed E-state index contributed by atoms with van der Waals surface area (Å²) in [7, 11) is 0. The molecule has 0 spiro atoms. The fraction of sp³-hybridized carbons (Fsp3) is 0.455. The van der Waals surface area contributed by atoms with Crippen LogP contribution < -0.4 is 10.5 Å². The first kappa shape index (κ1) is 12.3. The summed E-state index contributed by atoms with van der Waals surface area (Å²) in [4.78, 5) is 0. The largest absolute Gasteiger partial charge is 0.490 e. The molecule has 4 heteroatoms. The number of nitrogens with two attached hydrogens (primary N) is 1. The molecule has 0 fully saturated rings. The number of ether oxygens (including phenoxy) is 1. The molecule has 0 bridgehead atoms. The van der Waals surface area contributed by atoms with E-state index in [0.29, 0.717) is 18.3 Å². The van der Waals surface area contributed by atoms with Crippen molar-refractivity contribution in [1.82, 2.24) is 0 Å². The van der Waals surface area contributed by atoms with Crippen molar-refractivity contribution in [1.29, 1.82) is 0 Å². The van der Waals surface area contributed by atoms with E-state index in [0.717, 1.165) is 0 Å². The van der Waals surface area contributed by atoms with Crippen molar-refractivity contribution < 1.29 is 9.13 Å². The van der Waals surface area contributed by atoms with Crippen LogP contribution in [-0.2, 0) is 0 Å². The second kappa shape index (κ2) is 5.33. The molecule has 1 aromatic carbocycles. The highest BCUT2D eigenvalue weighted by Gasteiger charge is 2.09. The topological polar surface area (TPSA) is 35.2 Å². The van der Waals surface area contributed by atoms with Crippen molar-refractivity contribution in [3.05, 3.63) is 29.0 Å². The van der Waals surface area contributed by atoms with Crippen LogP contribution in [-0.4, -0.2) is 12.6 Å². The zero-order chi connectivity index (χ0) is 11.4. The third-order valence-electron chi connectivity index (χ3n) is 2.18. The summed E-state index contributed by atoms with van der Waals surface area (Å²) in [6.07, 6.45) is 0. The average molecular weight is 232 g/mol. The SMILES string of the molecule is CC(C)[C@H](N)COc1ccc(F)cc1Cl. The molecule has 2 nitrogen and oxygen atoms in total. The maximum atomic E-state index is 12.7. The third kappa shape index (κ3) is 3.68. The standard InChI is InChI=1S/C11H15ClFNO/c1-7(2)10(14)6-15-11-4-3-8(13)5-9(11)12/h3-5,7,10H,6,14H2,1-2H3/t10-/m1/s1. The molecule has 0 unspecified atom stereocenters. The predicted molar refractivity (Wildman–Crippen MR) is 59.7 cm³/mol. The summed E-state index contributed by atoms with van der Waals surface area (Å²) in [5, 5.41) is 0.269. The Bertz CT molecular complexity index is 330. The Morgan fingerprint density at radius 3 is 2.67 bits per heavy atom. The lowest BCUT2D eigenvalue weighted by molar-refractivity contribution is 0.259. The molecule has 0 saturated carbocycles. The van der Waals surface area contributed by atoms with Gasteiger partial charge in [0.15, 0.2) is 0 Å². The fourth-order valence-corrected chi connectivity index (χ4v) is 1.19. The second-order valence-electron chi connectivity index (χ2n) is 3.79. The first-order valence-electron chi connectivity index (χ1n) is 4.84. The van der Waals surface area contributed by atoms with E-state index in [9.17, 15) is 4.39 Å². The molecule has 0 amide bonds. The second-order valence-corrected chi connectivity index (χ2v) is 4.20. The molecular formula is C11H15ClFNO. The molecule has 1 aromatic rings. The van der Waals surface area contributed by atoms with E-state index in [1.165, 1.54) is 18.2 Å². The minimum absolute atomic E-state index is 0.0499. The lowest BCUT2D eigenvalue weighted by Crippen LogP contribution is -2.33. The van der Waals surface area contributed by atoms with E-state index in [-0.39, 0.29) is 16.9 Å². The van der Waals surface area contributed by atoms with Crippen LogP contribution in [0.5, 0.6) is 5.75 Å². The minimum atomic E-state index is -0.375. The Hall–Kier alpha value is -0.800. The van der Waals surface area contributed by atoms with Gasteiger partial charge in [0.1, 0.15) is 18.2 Å². The predicted octanol–water partition coefficient (Wildman–Crippen LogP) is 2.84. The van der Waals surface area contributed by atoms with Gasteiger partial charge in [0.25, 0.3) is 0 Å². The first-order chi connectivity index (χ1) is 7.00. The van der Waals surface area contributed by atoms with Crippen LogP contribution in [0.4, 0.5) is 4.39 Å². The smallest absolute Gasteiger partial charge is 0.138 e. The van der Waals surface area contributed by atoms with Gasteiger partial charge in [-0.15, -0.1) is 0 Å². The number of rotatable bonds is 4. The molecule has 0 radical (unpaired) electrons. The maximum Gasteiger partial charge on any atom is 0.138 e. The molecule has 0 aromatic heterocycles. The van der Waals surface area contributed by atoms with E-state index in [4.69, 9.17) is 22.1 Å². The quantitative estimate of drug-likeness (QED) is 0.865. The van der Waals surface area contributed by atoms with Crippen LogP contribution in [0.25, 0.3) is 0 Å². The highest BCUT2D eigenvalue weighted by atomic mass is 35.5. The highest BCUT2D eigenvalue weighted by Crippen LogP contribution is 2.25. The molecule has 2 N–H and O–H groups in total. The molecule has 84 valence electrons. The van der Waals surface area contributed by atoms with Crippen molar-refractivity contribution in [3.63, 3.8) is 0 Å². The molecule has 0 heterocycles. The molecule has 1 rings (SSSR count). The first-order valence-corrected chi connectivity index (χ1v) is 5.22. The van der Waals surface area contributed by atoms with Gasteiger partial charge in [-0.05, 0) is 24.1 Å². The van der Waals surface area contributed by atoms with Gasteiger partial charge in [0, 0.05) is 6.04 Å². The summed E-state index contributed by atoms with van der Waals surface area (Å²) in [6, 6.07) is 3.98. The lowest BCUT2D eigenvalue weighted by atomic mass is 10.1. The summed E-state index contributed by atoms with van der Waals surface area (Å²) >= 11 is 5.79. The Morgan fingerprint density at radius 2 is 2.13 bits per heavy atom. The summed E-state index contributed by atoms with van der Waals surface area (Å²) < 4.78 is 18.1. The zero-order valence-electron chi connectivity index (χ0n) is 8.84. The monoisotopic (exact) mass is 231 g/mol. The van der Waals surface area contributed by atoms with Crippen LogP contribution in [0.3, 0.4) is 0 Å². The fourth-order valence-electron chi connectivity index (χ4n) is 0.971. The summed E-state index contributed by atoms with van der Waals surface area (Å²) in [5.41, 5.74) is 5.80. The van der Waals surface area contributed by atoms with Gasteiger partial charge in [0.2, 0.25) is 0 Å². The van der Waals surface area contributed by atoms with Gasteiger partial charge in [-0.25, -0.2) is 4.39 Å². The van der Waals surface area contributed by atoms with Crippen LogP contribution in [0.2, 0.25) is 5.02 Å². The van der Waals surface area contributed by atoms with Gasteiger partial charge in [-0.1, -0.05) is 25.4 Å². The number of benzene rings is 1. The number of hydrogen-bond donors (Lipinski definition) is 1. The number of halogens is 2. The van der Waals surface area contributed by atoms with E-state index in [1.807, 2.05) is 13.8 Å². The zero-order valence-corrected chi connectivity index (χ0v) is 9.59. The molecule has 0 aliphatic heterocycles. The van der Waals surface area contributed by atoms with Crippen molar-refractivity contribution in [2.75, 3.05) is 6.61 Å². The maximum absolute atomic E-state index is 12.7. The van der Waals surface area contributed by atoms with Gasteiger partial charge >= 0.3 is 0 Å². The van der Waals surface area contributed by atoms with E-state index < -0.39 is 0 Å². The summed E-state index contributed by atoms with van der Waals surface area (Å²) in [6.45, 7) is 4.41. The molecule has 0 aliphatic carbocycles. The molecule has 0 aliphatic rings. The Labute approximate surface area is 94.2 Å². The summed E-state index contributed by atoms with van der Waals surface area (Å²) in [5.74, 6) is 0.430. The molecule has 15 heavy (non-hydrogen) atoms. The van der Waals surface area contributed by atoms with Gasteiger partial charge in [-0.2, -0.15) is 0 Å². The van der Waals surface area contributed by atoms with Crippen molar-refractivity contribution in [2.45, 2.75) is 19.9 Å². The lowest BCUT2D eigenvalue weighted by Gasteiger charge is -2.16. The van der Waals surface area contributed by atoms with Crippen LogP contribution in [0, 0.1) is 11.7 Å². The minimum Gasteiger partial charge on any atom is -0.490 e. The average Bonchev–Trinajstić information content (AvgIpc) is 2.15. The highest BCUT2D eigenvalue weighted by molar-refractivity contribution is 6.32. The van der Waals surface area contributed by atoms with E-state index >= 15 is 0 Å². The van der Waals surface area contributed by atoms with E-state index in [1.54, 1.807) is 0 Å². The third-order valence-corrected chi connectivity index (χ3v) is 2.48. The van der Waals surface area contributed by atoms with Gasteiger partial charge in [-0.3, -0.25) is 0 Å². The van der Waals surface area contributed by atoms with Crippen molar-refractivity contribution >= 4 is 11.6 Å². The van der Waals surface area contributed by atoms with Gasteiger partial charge in [0.05, 0.1) is 5.02 Å². The normalized spacial score (nSPS) is 12.9. The Kier molecular flexibility index (Phi) is 4.36. The van der Waals surface area contributed by atoms with Crippen LogP contribution in [0.15, 0.2) is 18.2 Å². The number of hydrogen-bond acceptors (Lipinski definition) is 2. The Balaban J connectivity index is 2.58. The van der Waals surface area contributed by atoms with Crippen molar-refractivity contribution in [2.24, 2.45) is 11.7 Å². The van der Waals surface area contributed by atoms with Crippen LogP contribution >= 0.6 is 11.6 Å².